The van der Waals surface area contributed by atoms with Crippen molar-refractivity contribution in [3.8, 4) is 5.75 Å². The van der Waals surface area contributed by atoms with E-state index in [1.165, 1.54) is 11.3 Å². The summed E-state index contributed by atoms with van der Waals surface area (Å²) < 4.78 is 5.73. The molecule has 1 heterocycles. The Morgan fingerprint density at radius 3 is 2.76 bits per heavy atom. The highest BCUT2D eigenvalue weighted by molar-refractivity contribution is 7.09. The molecule has 0 radical (unpaired) electrons. The van der Waals surface area contributed by atoms with Gasteiger partial charge >= 0.3 is 0 Å². The number of likely N-dealkylation sites (N-methyl/N-ethyl adjacent to an activating group) is 1. The third-order valence-corrected chi connectivity index (χ3v) is 5.39. The highest BCUT2D eigenvalue weighted by Gasteiger charge is 2.11. The van der Waals surface area contributed by atoms with Crippen LogP contribution in [0.4, 0.5) is 5.69 Å². The number of aryl methyl sites for hydroxylation is 2. The number of hydrogen-bond donors (Lipinski definition) is 1. The van der Waals surface area contributed by atoms with Crippen LogP contribution in [0.25, 0.3) is 0 Å². The van der Waals surface area contributed by atoms with Crippen molar-refractivity contribution < 1.29 is 9.53 Å². The molecule has 5 nitrogen and oxygen atoms in total. The second-order valence-corrected chi connectivity index (χ2v) is 8.12. The van der Waals surface area contributed by atoms with E-state index >= 15 is 0 Å². The van der Waals surface area contributed by atoms with Gasteiger partial charge in [-0.2, -0.15) is 0 Å². The normalized spacial score (nSPS) is 10.9. The van der Waals surface area contributed by atoms with Crippen LogP contribution in [0.1, 0.15) is 21.8 Å². The molecule has 0 saturated heterocycles. The summed E-state index contributed by atoms with van der Waals surface area (Å²) in [6, 6.07) is 15.9. The smallest absolute Gasteiger partial charge is 0.231 e. The molecule has 1 aromatic heterocycles. The van der Waals surface area contributed by atoms with Gasteiger partial charge in [-0.25, -0.2) is 4.98 Å². The molecular formula is C23H27N3O2S. The number of benzene rings is 2. The van der Waals surface area contributed by atoms with Crippen molar-refractivity contribution in [1.29, 1.82) is 0 Å². The van der Waals surface area contributed by atoms with Gasteiger partial charge in [-0.15, -0.1) is 11.3 Å². The maximum Gasteiger partial charge on any atom is 0.231 e. The first-order chi connectivity index (χ1) is 14.0. The number of nitrogens with one attached hydrogen (secondary N) is 1. The van der Waals surface area contributed by atoms with Gasteiger partial charge in [0.15, 0.2) is 0 Å². The summed E-state index contributed by atoms with van der Waals surface area (Å²) in [7, 11) is 2.04. The number of carbonyl (C=O) groups is 1. The summed E-state index contributed by atoms with van der Waals surface area (Å²) in [5.74, 6) is 0.843. The highest BCUT2D eigenvalue weighted by Crippen LogP contribution is 2.18. The standard InChI is InChI=1S/C23H27N3O2S/c1-17-9-10-18(2)21(13-17)25-22(27)14-23-24-19(16-29-23)15-26(3)11-12-28-20-7-5-4-6-8-20/h4-10,13,16H,11-12,14-15H2,1-3H3,(H,25,27). The molecule has 0 aliphatic carbocycles. The van der Waals surface area contributed by atoms with Crippen molar-refractivity contribution in [2.24, 2.45) is 0 Å². The average Bonchev–Trinajstić information content (AvgIpc) is 3.12. The SMILES string of the molecule is Cc1ccc(C)c(NC(=O)Cc2nc(CN(C)CCOc3ccccc3)cs2)c1. The molecular weight excluding hydrogens is 382 g/mol. The number of para-hydroxylation sites is 1. The zero-order valence-electron chi connectivity index (χ0n) is 17.1. The molecule has 0 unspecified atom stereocenters. The van der Waals surface area contributed by atoms with Crippen LogP contribution < -0.4 is 10.1 Å². The monoisotopic (exact) mass is 409 g/mol. The predicted octanol–water partition coefficient (Wildman–Crippen LogP) is 4.45. The van der Waals surface area contributed by atoms with E-state index in [0.29, 0.717) is 13.0 Å². The Morgan fingerprint density at radius 1 is 1.17 bits per heavy atom. The van der Waals surface area contributed by atoms with Crippen molar-refractivity contribution in [3.05, 3.63) is 75.7 Å². The molecule has 0 saturated carbocycles. The van der Waals surface area contributed by atoms with Crippen molar-refractivity contribution in [3.63, 3.8) is 0 Å². The third kappa shape index (κ3) is 6.69. The first kappa shape index (κ1) is 21.0. The molecule has 3 rings (SSSR count). The Bertz CT molecular complexity index is 940. The Balaban J connectivity index is 1.44. The van der Waals surface area contributed by atoms with Crippen LogP contribution in [0.3, 0.4) is 0 Å². The zero-order chi connectivity index (χ0) is 20.6. The molecule has 29 heavy (non-hydrogen) atoms. The third-order valence-electron chi connectivity index (χ3n) is 4.50. The zero-order valence-corrected chi connectivity index (χ0v) is 18.0. The minimum atomic E-state index is -0.0378. The van der Waals surface area contributed by atoms with E-state index in [1.807, 2.05) is 74.8 Å². The Hall–Kier alpha value is -2.70. The van der Waals surface area contributed by atoms with E-state index in [1.54, 1.807) is 0 Å². The summed E-state index contributed by atoms with van der Waals surface area (Å²) in [6.45, 7) is 6.16. The number of anilines is 1. The molecule has 0 aliphatic rings. The molecule has 6 heteroatoms. The lowest BCUT2D eigenvalue weighted by Crippen LogP contribution is -2.24. The molecule has 0 spiro atoms. The van der Waals surface area contributed by atoms with Crippen molar-refractivity contribution in [1.82, 2.24) is 9.88 Å². The van der Waals surface area contributed by atoms with Crippen LogP contribution in [0.15, 0.2) is 53.9 Å². The molecule has 0 aliphatic heterocycles. The van der Waals surface area contributed by atoms with Crippen molar-refractivity contribution >= 4 is 22.9 Å². The van der Waals surface area contributed by atoms with Crippen LogP contribution in [-0.2, 0) is 17.8 Å². The minimum Gasteiger partial charge on any atom is -0.492 e. The van der Waals surface area contributed by atoms with Crippen LogP contribution in [0.5, 0.6) is 5.75 Å². The lowest BCUT2D eigenvalue weighted by atomic mass is 10.1. The molecule has 0 bridgehead atoms. The average molecular weight is 410 g/mol. The van der Waals surface area contributed by atoms with Gasteiger partial charge in [0.1, 0.15) is 17.4 Å². The van der Waals surface area contributed by atoms with E-state index in [2.05, 4.69) is 15.2 Å². The van der Waals surface area contributed by atoms with E-state index in [0.717, 1.165) is 46.4 Å². The summed E-state index contributed by atoms with van der Waals surface area (Å²) >= 11 is 1.53. The number of aromatic nitrogens is 1. The molecule has 2 aromatic carbocycles. The van der Waals surface area contributed by atoms with Gasteiger partial charge in [-0.3, -0.25) is 9.69 Å². The van der Waals surface area contributed by atoms with E-state index in [-0.39, 0.29) is 5.91 Å². The summed E-state index contributed by atoms with van der Waals surface area (Å²) in [4.78, 5) is 19.2. The number of thiazole rings is 1. The fourth-order valence-electron chi connectivity index (χ4n) is 2.90. The Labute approximate surface area is 176 Å². The van der Waals surface area contributed by atoms with Crippen LogP contribution >= 0.6 is 11.3 Å². The van der Waals surface area contributed by atoms with E-state index < -0.39 is 0 Å². The van der Waals surface area contributed by atoms with E-state index in [4.69, 9.17) is 4.74 Å². The molecule has 0 fully saturated rings. The maximum atomic E-state index is 12.4. The summed E-state index contributed by atoms with van der Waals surface area (Å²) in [6.07, 6.45) is 0.291. The summed E-state index contributed by atoms with van der Waals surface area (Å²) in [5, 5.41) is 5.85. The number of amides is 1. The number of carbonyl (C=O) groups excluding carboxylic acids is 1. The van der Waals surface area contributed by atoms with Crippen LogP contribution in [0, 0.1) is 13.8 Å². The van der Waals surface area contributed by atoms with Crippen LogP contribution in [0.2, 0.25) is 0 Å². The fourth-order valence-corrected chi connectivity index (χ4v) is 3.68. The predicted molar refractivity (Wildman–Crippen MR) is 119 cm³/mol. The van der Waals surface area contributed by atoms with E-state index in [9.17, 15) is 4.79 Å². The second-order valence-electron chi connectivity index (χ2n) is 7.18. The minimum absolute atomic E-state index is 0.0378. The molecule has 152 valence electrons. The van der Waals surface area contributed by atoms with Gasteiger partial charge in [-0.1, -0.05) is 30.3 Å². The van der Waals surface area contributed by atoms with Gasteiger partial charge in [0.2, 0.25) is 5.91 Å². The van der Waals surface area contributed by atoms with Crippen molar-refractivity contribution in [2.75, 3.05) is 25.5 Å². The second kappa shape index (κ2) is 10.2. The lowest BCUT2D eigenvalue weighted by molar-refractivity contribution is -0.115. The van der Waals surface area contributed by atoms with Gasteiger partial charge in [0.05, 0.1) is 12.1 Å². The summed E-state index contributed by atoms with van der Waals surface area (Å²) in [5.41, 5.74) is 4.03. The molecule has 1 N–H and O–H groups in total. The number of rotatable bonds is 9. The lowest BCUT2D eigenvalue weighted by Gasteiger charge is -2.15. The maximum absolute atomic E-state index is 12.4. The Kier molecular flexibility index (Phi) is 7.38. The molecule has 0 atom stereocenters. The quantitative estimate of drug-likeness (QED) is 0.567. The number of hydrogen-bond acceptors (Lipinski definition) is 5. The first-order valence-electron chi connectivity index (χ1n) is 9.66. The van der Waals surface area contributed by atoms with Gasteiger partial charge in [0.25, 0.3) is 0 Å². The van der Waals surface area contributed by atoms with Gasteiger partial charge in [0, 0.05) is 24.2 Å². The van der Waals surface area contributed by atoms with Gasteiger partial charge in [-0.05, 0) is 50.2 Å². The topological polar surface area (TPSA) is 54.5 Å². The molecule has 1 amide bonds. The first-order valence-corrected chi connectivity index (χ1v) is 10.5. The van der Waals surface area contributed by atoms with Crippen LogP contribution in [-0.4, -0.2) is 36.0 Å². The van der Waals surface area contributed by atoms with Gasteiger partial charge < -0.3 is 10.1 Å². The Morgan fingerprint density at radius 2 is 1.97 bits per heavy atom. The number of ether oxygens (including phenoxy) is 1. The molecule has 3 aromatic rings. The largest absolute Gasteiger partial charge is 0.492 e. The highest BCUT2D eigenvalue weighted by atomic mass is 32.1. The van der Waals surface area contributed by atoms with Crippen molar-refractivity contribution in [2.45, 2.75) is 26.8 Å². The number of nitrogens with zero attached hydrogens (tertiary/aromatic N) is 2. The fraction of sp³-hybridized carbons (Fsp3) is 0.304.